The predicted molar refractivity (Wildman–Crippen MR) is 113 cm³/mol. The second-order valence-corrected chi connectivity index (χ2v) is 7.01. The van der Waals surface area contributed by atoms with Gasteiger partial charge >= 0.3 is 0 Å². The summed E-state index contributed by atoms with van der Waals surface area (Å²) in [5, 5.41) is 6.95. The van der Waals surface area contributed by atoms with Crippen molar-refractivity contribution in [1.29, 1.82) is 0 Å². The zero-order valence-electron chi connectivity index (χ0n) is 17.1. The summed E-state index contributed by atoms with van der Waals surface area (Å²) in [5.41, 5.74) is 2.23. The Labute approximate surface area is 178 Å². The second-order valence-electron chi connectivity index (χ2n) is 7.01. The number of hydrogen-bond acceptors (Lipinski definition) is 5. The Kier molecular flexibility index (Phi) is 5.79. The van der Waals surface area contributed by atoms with Crippen LogP contribution in [0.1, 0.15) is 18.5 Å². The maximum absolute atomic E-state index is 13.1. The molecule has 0 saturated heterocycles. The molecule has 0 bridgehead atoms. The van der Waals surface area contributed by atoms with Crippen molar-refractivity contribution in [2.24, 2.45) is 0 Å². The van der Waals surface area contributed by atoms with Crippen LogP contribution in [0.2, 0.25) is 0 Å². The Morgan fingerprint density at radius 3 is 2.61 bits per heavy atom. The van der Waals surface area contributed by atoms with Crippen LogP contribution < -0.4 is 10.1 Å². The number of carbonyl (C=O) groups excluding carboxylic acids is 1. The van der Waals surface area contributed by atoms with Gasteiger partial charge in [0.25, 0.3) is 5.89 Å². The number of ether oxygens (including phenoxy) is 1. The van der Waals surface area contributed by atoms with Crippen molar-refractivity contribution in [2.45, 2.75) is 19.5 Å². The molecule has 31 heavy (non-hydrogen) atoms. The van der Waals surface area contributed by atoms with E-state index in [0.29, 0.717) is 17.1 Å². The molecule has 0 aliphatic heterocycles. The highest BCUT2D eigenvalue weighted by Gasteiger charge is 2.17. The average Bonchev–Trinajstić information content (AvgIpc) is 3.43. The van der Waals surface area contributed by atoms with Gasteiger partial charge in [-0.15, -0.1) is 0 Å². The normalized spacial score (nSPS) is 11.8. The van der Waals surface area contributed by atoms with Gasteiger partial charge in [-0.25, -0.2) is 4.39 Å². The first-order chi connectivity index (χ1) is 15.0. The molecule has 1 N–H and O–H groups in total. The van der Waals surface area contributed by atoms with Crippen molar-refractivity contribution < 1.29 is 18.4 Å². The van der Waals surface area contributed by atoms with Crippen LogP contribution in [0.5, 0.6) is 5.75 Å². The molecule has 2 heterocycles. The van der Waals surface area contributed by atoms with Gasteiger partial charge in [0.1, 0.15) is 23.8 Å². The number of rotatable bonds is 7. The van der Waals surface area contributed by atoms with Gasteiger partial charge in [0, 0.05) is 11.8 Å². The molecule has 8 heteroatoms. The monoisotopic (exact) mass is 420 g/mol. The average molecular weight is 420 g/mol. The predicted octanol–water partition coefficient (Wildman–Crippen LogP) is 4.23. The minimum atomic E-state index is -0.337. The van der Waals surface area contributed by atoms with E-state index in [-0.39, 0.29) is 30.2 Å². The number of aromatic nitrogens is 3. The molecule has 0 fully saturated rings. The fourth-order valence-electron chi connectivity index (χ4n) is 3.21. The van der Waals surface area contributed by atoms with Gasteiger partial charge in [-0.2, -0.15) is 4.98 Å². The number of methoxy groups -OCH3 is 1. The van der Waals surface area contributed by atoms with Crippen LogP contribution in [0.3, 0.4) is 0 Å². The molecular weight excluding hydrogens is 399 g/mol. The topological polar surface area (TPSA) is 82.2 Å². The molecule has 0 unspecified atom stereocenters. The lowest BCUT2D eigenvalue weighted by Gasteiger charge is -2.15. The molecule has 0 saturated carbocycles. The van der Waals surface area contributed by atoms with Crippen molar-refractivity contribution in [3.05, 3.63) is 78.2 Å². The van der Waals surface area contributed by atoms with Crippen molar-refractivity contribution in [2.75, 3.05) is 7.11 Å². The molecular formula is C23H21FN4O3. The summed E-state index contributed by atoms with van der Waals surface area (Å²) in [6, 6.07) is 16.8. The molecule has 0 aliphatic carbocycles. The van der Waals surface area contributed by atoms with Gasteiger partial charge in [-0.1, -0.05) is 17.3 Å². The maximum Gasteiger partial charge on any atom is 0.274 e. The number of hydrogen-bond donors (Lipinski definition) is 1. The van der Waals surface area contributed by atoms with E-state index < -0.39 is 0 Å². The third-order valence-electron chi connectivity index (χ3n) is 4.88. The van der Waals surface area contributed by atoms with E-state index in [2.05, 4.69) is 15.5 Å². The Hall–Kier alpha value is -3.94. The van der Waals surface area contributed by atoms with Crippen molar-refractivity contribution in [3.8, 4) is 28.7 Å². The molecule has 4 rings (SSSR count). The van der Waals surface area contributed by atoms with Crippen molar-refractivity contribution in [1.82, 2.24) is 20.0 Å². The van der Waals surface area contributed by atoms with Crippen LogP contribution in [0.25, 0.3) is 23.0 Å². The summed E-state index contributed by atoms with van der Waals surface area (Å²) in [6.07, 6.45) is 1.77. The summed E-state index contributed by atoms with van der Waals surface area (Å²) in [4.78, 5) is 17.0. The Bertz CT molecular complexity index is 1170. The number of amides is 1. The lowest BCUT2D eigenvalue weighted by Crippen LogP contribution is -2.30. The molecule has 0 radical (unpaired) electrons. The summed E-state index contributed by atoms with van der Waals surface area (Å²) < 4.78 is 25.4. The second kappa shape index (κ2) is 8.83. The van der Waals surface area contributed by atoms with Crippen LogP contribution in [-0.4, -0.2) is 27.7 Å². The zero-order valence-corrected chi connectivity index (χ0v) is 17.1. The third-order valence-corrected chi connectivity index (χ3v) is 4.88. The molecule has 1 atom stereocenters. The van der Waals surface area contributed by atoms with Gasteiger partial charge in [-0.3, -0.25) is 4.79 Å². The highest BCUT2D eigenvalue weighted by atomic mass is 19.1. The lowest BCUT2D eigenvalue weighted by molar-refractivity contribution is -0.122. The molecule has 0 aliphatic rings. The van der Waals surface area contributed by atoms with E-state index in [0.717, 1.165) is 11.3 Å². The van der Waals surface area contributed by atoms with Crippen LogP contribution in [0.15, 0.2) is 71.4 Å². The van der Waals surface area contributed by atoms with Gasteiger partial charge in [0.15, 0.2) is 0 Å². The van der Waals surface area contributed by atoms with E-state index in [1.165, 1.54) is 12.1 Å². The Morgan fingerprint density at radius 1 is 1.16 bits per heavy atom. The van der Waals surface area contributed by atoms with Gasteiger partial charge in [-0.05, 0) is 61.0 Å². The van der Waals surface area contributed by atoms with Crippen molar-refractivity contribution >= 4 is 5.91 Å². The largest absolute Gasteiger partial charge is 0.497 e. The van der Waals surface area contributed by atoms with Crippen molar-refractivity contribution in [3.63, 3.8) is 0 Å². The quantitative estimate of drug-likeness (QED) is 0.484. The fourth-order valence-corrected chi connectivity index (χ4v) is 3.21. The highest BCUT2D eigenvalue weighted by Crippen LogP contribution is 2.23. The number of nitrogens with zero attached hydrogens (tertiary/aromatic N) is 3. The molecule has 1 amide bonds. The van der Waals surface area contributed by atoms with Crippen LogP contribution in [-0.2, 0) is 11.3 Å². The third kappa shape index (κ3) is 4.63. The summed E-state index contributed by atoms with van der Waals surface area (Å²) in [5.74, 6) is 0.898. The summed E-state index contributed by atoms with van der Waals surface area (Å²) >= 11 is 0. The Balaban J connectivity index is 1.44. The maximum atomic E-state index is 13.1. The standard InChI is InChI=1S/C23H21FN4O3/c1-15(16-7-11-19(30-2)12-8-16)25-21(29)14-28-13-3-4-20(28)23-26-22(27-31-23)17-5-9-18(24)10-6-17/h3-13,15H,14H2,1-2H3,(H,25,29)/t15-/m0/s1. The SMILES string of the molecule is COc1ccc([C@H](C)NC(=O)Cn2cccc2-c2nc(-c3ccc(F)cc3)no2)cc1. The molecule has 2 aromatic carbocycles. The molecule has 2 aromatic heterocycles. The number of nitrogens with one attached hydrogen (secondary N) is 1. The van der Waals surface area contributed by atoms with Crippen LogP contribution >= 0.6 is 0 Å². The van der Waals surface area contributed by atoms with Gasteiger partial charge in [0.05, 0.1) is 13.2 Å². The van der Waals surface area contributed by atoms with E-state index >= 15 is 0 Å². The Morgan fingerprint density at radius 2 is 1.90 bits per heavy atom. The van der Waals surface area contributed by atoms with E-state index in [9.17, 15) is 9.18 Å². The van der Waals surface area contributed by atoms with Gasteiger partial charge in [0.2, 0.25) is 11.7 Å². The van der Waals surface area contributed by atoms with E-state index in [1.54, 1.807) is 42.1 Å². The number of benzene rings is 2. The first kappa shape index (κ1) is 20.3. The fraction of sp³-hybridized carbons (Fsp3) is 0.174. The minimum absolute atomic E-state index is 0.0943. The lowest BCUT2D eigenvalue weighted by atomic mass is 10.1. The smallest absolute Gasteiger partial charge is 0.274 e. The molecule has 4 aromatic rings. The zero-order chi connectivity index (χ0) is 21.8. The first-order valence-corrected chi connectivity index (χ1v) is 9.72. The molecule has 158 valence electrons. The van der Waals surface area contributed by atoms with E-state index in [1.807, 2.05) is 31.2 Å². The first-order valence-electron chi connectivity index (χ1n) is 9.72. The van der Waals surface area contributed by atoms with Gasteiger partial charge < -0.3 is 19.1 Å². The van der Waals surface area contributed by atoms with Crippen LogP contribution in [0.4, 0.5) is 4.39 Å². The highest BCUT2D eigenvalue weighted by molar-refractivity contribution is 5.77. The number of carbonyl (C=O) groups is 1. The summed E-state index contributed by atoms with van der Waals surface area (Å²) in [6.45, 7) is 2.01. The van der Waals surface area contributed by atoms with E-state index in [4.69, 9.17) is 9.26 Å². The van der Waals surface area contributed by atoms with Crippen LogP contribution in [0, 0.1) is 5.82 Å². The summed E-state index contributed by atoms with van der Waals surface area (Å²) in [7, 11) is 1.61. The number of halogens is 1. The molecule has 7 nitrogen and oxygen atoms in total. The molecule has 0 spiro atoms. The minimum Gasteiger partial charge on any atom is -0.497 e.